The minimum absolute atomic E-state index is 0.202. The van der Waals surface area contributed by atoms with Gasteiger partial charge in [-0.3, -0.25) is 0 Å². The fourth-order valence-corrected chi connectivity index (χ4v) is 3.41. The summed E-state index contributed by atoms with van der Waals surface area (Å²) in [5.41, 5.74) is 1.97. The van der Waals surface area contributed by atoms with Gasteiger partial charge in [-0.25, -0.2) is 0 Å². The van der Waals surface area contributed by atoms with Crippen molar-refractivity contribution in [3.8, 4) is 5.75 Å². The zero-order chi connectivity index (χ0) is 18.4. The Bertz CT molecular complexity index is 733. The van der Waals surface area contributed by atoms with Gasteiger partial charge >= 0.3 is 0 Å². The molecule has 0 aliphatic carbocycles. The lowest BCUT2D eigenvalue weighted by Crippen LogP contribution is -2.39. The fourth-order valence-electron chi connectivity index (χ4n) is 2.96. The van der Waals surface area contributed by atoms with Crippen LogP contribution in [0, 0.1) is 0 Å². The molecule has 1 atom stereocenters. The Morgan fingerprint density at radius 3 is 2.69 bits per heavy atom. The lowest BCUT2D eigenvalue weighted by Gasteiger charge is -2.28. The summed E-state index contributed by atoms with van der Waals surface area (Å²) >= 11 is 12.0. The third-order valence-corrected chi connectivity index (χ3v) is 5.12. The molecule has 26 heavy (non-hydrogen) atoms. The maximum atomic E-state index is 6.35. The van der Waals surface area contributed by atoms with Gasteiger partial charge in [-0.2, -0.15) is 0 Å². The van der Waals surface area contributed by atoms with Crippen LogP contribution in [0.5, 0.6) is 5.75 Å². The molecule has 1 unspecified atom stereocenters. The Kier molecular flexibility index (Phi) is 6.72. The van der Waals surface area contributed by atoms with Gasteiger partial charge < -0.3 is 19.7 Å². The predicted octanol–water partition coefficient (Wildman–Crippen LogP) is 4.73. The number of ether oxygens (including phenoxy) is 2. The molecular formula is C20H23ClN2O2S. The van der Waals surface area contributed by atoms with E-state index in [1.807, 2.05) is 48.5 Å². The summed E-state index contributed by atoms with van der Waals surface area (Å²) in [6.07, 6.45) is 2.36. The first-order chi connectivity index (χ1) is 12.7. The van der Waals surface area contributed by atoms with Crippen molar-refractivity contribution in [1.29, 1.82) is 0 Å². The molecule has 0 radical (unpaired) electrons. The lowest BCUT2D eigenvalue weighted by molar-refractivity contribution is 0.0905. The number of hydrogen-bond acceptors (Lipinski definition) is 3. The number of anilines is 1. The van der Waals surface area contributed by atoms with Crippen molar-refractivity contribution in [1.82, 2.24) is 4.90 Å². The first-order valence-electron chi connectivity index (χ1n) is 8.70. The maximum absolute atomic E-state index is 6.35. The summed E-state index contributed by atoms with van der Waals surface area (Å²) in [5.74, 6) is 0.814. The first kappa shape index (κ1) is 19.0. The molecule has 138 valence electrons. The highest BCUT2D eigenvalue weighted by atomic mass is 35.5. The third-order valence-electron chi connectivity index (χ3n) is 4.40. The summed E-state index contributed by atoms with van der Waals surface area (Å²) in [6, 6.07) is 15.6. The van der Waals surface area contributed by atoms with Crippen molar-refractivity contribution in [2.24, 2.45) is 0 Å². The minimum Gasteiger partial charge on any atom is -0.497 e. The quantitative estimate of drug-likeness (QED) is 0.721. The highest BCUT2D eigenvalue weighted by molar-refractivity contribution is 7.80. The monoisotopic (exact) mass is 390 g/mol. The van der Waals surface area contributed by atoms with Crippen LogP contribution in [0.25, 0.3) is 0 Å². The van der Waals surface area contributed by atoms with Crippen molar-refractivity contribution in [2.75, 3.05) is 25.6 Å². The van der Waals surface area contributed by atoms with E-state index in [4.69, 9.17) is 33.3 Å². The van der Waals surface area contributed by atoms with Crippen molar-refractivity contribution < 1.29 is 9.47 Å². The summed E-state index contributed by atoms with van der Waals surface area (Å²) < 4.78 is 11.0. The van der Waals surface area contributed by atoms with Crippen LogP contribution in [0.3, 0.4) is 0 Å². The van der Waals surface area contributed by atoms with Crippen LogP contribution in [0.15, 0.2) is 48.5 Å². The van der Waals surface area contributed by atoms with Gasteiger partial charge in [-0.15, -0.1) is 0 Å². The fraction of sp³-hybridized carbons (Fsp3) is 0.350. The van der Waals surface area contributed by atoms with Crippen LogP contribution in [-0.2, 0) is 11.3 Å². The largest absolute Gasteiger partial charge is 0.497 e. The topological polar surface area (TPSA) is 33.7 Å². The number of thiocarbonyl (C=S) groups is 1. The molecule has 2 aromatic rings. The molecule has 2 aromatic carbocycles. The van der Waals surface area contributed by atoms with Crippen molar-refractivity contribution >= 4 is 34.6 Å². The Labute approximate surface area is 165 Å². The van der Waals surface area contributed by atoms with E-state index in [9.17, 15) is 0 Å². The van der Waals surface area contributed by atoms with Crippen molar-refractivity contribution in [3.63, 3.8) is 0 Å². The van der Waals surface area contributed by atoms with Gasteiger partial charge in [0.2, 0.25) is 0 Å². The Morgan fingerprint density at radius 2 is 2.04 bits per heavy atom. The number of nitrogens with one attached hydrogen (secondary N) is 1. The van der Waals surface area contributed by atoms with Gasteiger partial charge in [-0.1, -0.05) is 29.8 Å². The molecule has 1 saturated heterocycles. The summed E-state index contributed by atoms with van der Waals surface area (Å²) in [6.45, 7) is 2.21. The second-order valence-corrected chi connectivity index (χ2v) is 7.06. The molecule has 0 aromatic heterocycles. The van der Waals surface area contributed by atoms with Gasteiger partial charge in [0.25, 0.3) is 0 Å². The molecule has 0 amide bonds. The number of rotatable bonds is 6. The molecule has 1 aliphatic rings. The molecule has 3 rings (SSSR count). The van der Waals surface area contributed by atoms with Gasteiger partial charge in [0.05, 0.1) is 13.2 Å². The Hall–Kier alpha value is -1.82. The zero-order valence-electron chi connectivity index (χ0n) is 14.8. The summed E-state index contributed by atoms with van der Waals surface area (Å²) in [7, 11) is 1.65. The number of nitrogens with zero attached hydrogens (tertiary/aromatic N) is 1. The van der Waals surface area contributed by atoms with Gasteiger partial charge in [0, 0.05) is 30.4 Å². The highest BCUT2D eigenvalue weighted by Crippen LogP contribution is 2.21. The minimum atomic E-state index is 0.202. The molecule has 1 fully saturated rings. The molecule has 1 aliphatic heterocycles. The standard InChI is InChI=1S/C20H23ClN2O2S/c1-24-17-10-8-16(9-11-17)22-20(26)23(14-18-6-4-12-25-18)13-15-5-2-3-7-19(15)21/h2-3,5,7-11,18H,4,6,12-14H2,1H3,(H,22,26). The third kappa shape index (κ3) is 5.10. The zero-order valence-corrected chi connectivity index (χ0v) is 16.4. The van der Waals surface area contributed by atoms with Crippen LogP contribution in [-0.4, -0.2) is 36.4 Å². The molecule has 1 heterocycles. The second-order valence-electron chi connectivity index (χ2n) is 6.27. The Balaban J connectivity index is 1.72. The van der Waals surface area contributed by atoms with E-state index >= 15 is 0 Å². The van der Waals surface area contributed by atoms with Crippen LogP contribution < -0.4 is 10.1 Å². The van der Waals surface area contributed by atoms with Crippen LogP contribution in [0.2, 0.25) is 5.02 Å². The van der Waals surface area contributed by atoms with Crippen molar-refractivity contribution in [2.45, 2.75) is 25.5 Å². The number of benzene rings is 2. The number of methoxy groups -OCH3 is 1. The maximum Gasteiger partial charge on any atom is 0.173 e. The average molecular weight is 391 g/mol. The average Bonchev–Trinajstić information content (AvgIpc) is 3.16. The van der Waals surface area contributed by atoms with Gasteiger partial charge in [0.15, 0.2) is 5.11 Å². The smallest absolute Gasteiger partial charge is 0.173 e. The number of halogens is 1. The van der Waals surface area contributed by atoms with Crippen LogP contribution in [0.4, 0.5) is 5.69 Å². The van der Waals surface area contributed by atoms with Crippen LogP contribution in [0.1, 0.15) is 18.4 Å². The highest BCUT2D eigenvalue weighted by Gasteiger charge is 2.21. The molecule has 0 bridgehead atoms. The normalized spacial score (nSPS) is 16.3. The van der Waals surface area contributed by atoms with Gasteiger partial charge in [0.1, 0.15) is 5.75 Å². The lowest BCUT2D eigenvalue weighted by atomic mass is 10.2. The number of hydrogen-bond donors (Lipinski definition) is 1. The van der Waals surface area contributed by atoms with E-state index in [2.05, 4.69) is 10.2 Å². The van der Waals surface area contributed by atoms with E-state index in [0.717, 1.165) is 48.0 Å². The van der Waals surface area contributed by atoms with Crippen molar-refractivity contribution in [3.05, 3.63) is 59.1 Å². The molecule has 6 heteroatoms. The van der Waals surface area contributed by atoms with Crippen LogP contribution >= 0.6 is 23.8 Å². The molecule has 0 saturated carbocycles. The van der Waals surface area contributed by atoms with E-state index in [1.54, 1.807) is 7.11 Å². The summed E-state index contributed by atoms with van der Waals surface area (Å²) in [4.78, 5) is 2.12. The van der Waals surface area contributed by atoms with E-state index in [1.165, 1.54) is 0 Å². The van der Waals surface area contributed by atoms with E-state index < -0.39 is 0 Å². The Morgan fingerprint density at radius 1 is 1.27 bits per heavy atom. The SMILES string of the molecule is COc1ccc(NC(=S)N(Cc2ccccc2Cl)CC2CCCO2)cc1. The summed E-state index contributed by atoms with van der Waals surface area (Å²) in [5, 5.41) is 4.72. The van der Waals surface area contributed by atoms with Gasteiger partial charge in [-0.05, 0) is 61.0 Å². The molecule has 1 N–H and O–H groups in total. The van der Waals surface area contributed by atoms with E-state index in [0.29, 0.717) is 11.7 Å². The van der Waals surface area contributed by atoms with E-state index in [-0.39, 0.29) is 6.10 Å². The second kappa shape index (κ2) is 9.21. The first-order valence-corrected chi connectivity index (χ1v) is 9.49. The predicted molar refractivity (Wildman–Crippen MR) is 110 cm³/mol. The molecule has 4 nitrogen and oxygen atoms in total. The molecular weight excluding hydrogens is 368 g/mol. The molecule has 0 spiro atoms.